The topological polar surface area (TPSA) is 162 Å². The Morgan fingerprint density at radius 3 is 1.94 bits per heavy atom. The second kappa shape index (κ2) is 12.7. The summed E-state index contributed by atoms with van der Waals surface area (Å²) < 4.78 is 27.5. The number of aliphatic carboxylic acids is 1. The van der Waals surface area contributed by atoms with Crippen LogP contribution >= 0.6 is 0 Å². The van der Waals surface area contributed by atoms with Crippen molar-refractivity contribution in [3.63, 3.8) is 0 Å². The zero-order valence-corrected chi connectivity index (χ0v) is 18.7. The number of anilines is 1. The normalized spacial score (nSPS) is 12.0. The molecule has 0 aliphatic carbocycles. The van der Waals surface area contributed by atoms with Gasteiger partial charge < -0.3 is 10.4 Å². The summed E-state index contributed by atoms with van der Waals surface area (Å²) in [7, 11) is -4.12. The van der Waals surface area contributed by atoms with E-state index in [1.165, 1.54) is 36.4 Å². The fourth-order valence-electron chi connectivity index (χ4n) is 3.05. The molecule has 2 amide bonds. The van der Waals surface area contributed by atoms with E-state index in [4.69, 9.17) is 5.21 Å². The Morgan fingerprint density at radius 1 is 0.818 bits per heavy atom. The summed E-state index contributed by atoms with van der Waals surface area (Å²) in [5.74, 6) is -2.00. The lowest BCUT2D eigenvalue weighted by atomic mass is 10.1. The van der Waals surface area contributed by atoms with E-state index >= 15 is 0 Å². The highest BCUT2D eigenvalue weighted by molar-refractivity contribution is 7.89. The van der Waals surface area contributed by atoms with Gasteiger partial charge in [-0.25, -0.2) is 13.9 Å². The number of hydrogen-bond donors (Lipinski definition) is 5. The Labute approximate surface area is 192 Å². The average molecular weight is 478 g/mol. The van der Waals surface area contributed by atoms with Crippen molar-refractivity contribution in [1.29, 1.82) is 0 Å². The fraction of sp³-hybridized carbons (Fsp3) is 0.318. The molecule has 1 atom stereocenters. The molecule has 0 bridgehead atoms. The number of rotatable bonds is 13. The molecule has 2 aromatic rings. The van der Waals surface area contributed by atoms with Gasteiger partial charge in [0, 0.05) is 18.5 Å². The van der Waals surface area contributed by atoms with E-state index in [2.05, 4.69) is 10.0 Å². The molecule has 0 unspecified atom stereocenters. The van der Waals surface area contributed by atoms with Crippen LogP contribution in [0.4, 0.5) is 5.69 Å². The molecule has 0 aliphatic rings. The van der Waals surface area contributed by atoms with E-state index < -0.39 is 27.9 Å². The molecular formula is C22H27N3O7S. The Hall–Kier alpha value is -3.28. The molecule has 0 saturated heterocycles. The van der Waals surface area contributed by atoms with Crippen molar-refractivity contribution in [2.45, 2.75) is 49.5 Å². The number of carboxylic acids is 1. The first-order chi connectivity index (χ1) is 15.7. The Morgan fingerprint density at radius 2 is 1.39 bits per heavy atom. The van der Waals surface area contributed by atoms with Gasteiger partial charge in [-0.05, 0) is 42.7 Å². The van der Waals surface area contributed by atoms with Crippen molar-refractivity contribution < 1.29 is 33.1 Å². The van der Waals surface area contributed by atoms with Gasteiger partial charge in [0.1, 0.15) is 6.04 Å². The van der Waals surface area contributed by atoms with Gasteiger partial charge in [0.15, 0.2) is 0 Å². The molecule has 178 valence electrons. The Kier molecular flexibility index (Phi) is 9.98. The van der Waals surface area contributed by atoms with Gasteiger partial charge in [-0.15, -0.1) is 0 Å². The highest BCUT2D eigenvalue weighted by atomic mass is 32.2. The first kappa shape index (κ1) is 26.0. The van der Waals surface area contributed by atoms with Crippen molar-refractivity contribution in [3.8, 4) is 0 Å². The number of nitrogens with one attached hydrogen (secondary N) is 3. The molecule has 0 saturated carbocycles. The van der Waals surface area contributed by atoms with Crippen molar-refractivity contribution in [2.24, 2.45) is 0 Å². The number of carbonyl (C=O) groups excluding carboxylic acids is 2. The third-order valence-corrected chi connectivity index (χ3v) is 6.22. The smallest absolute Gasteiger partial charge is 0.326 e. The van der Waals surface area contributed by atoms with E-state index in [-0.39, 0.29) is 23.6 Å². The third-order valence-electron chi connectivity index (χ3n) is 4.78. The van der Waals surface area contributed by atoms with Gasteiger partial charge in [0.2, 0.25) is 21.8 Å². The summed E-state index contributed by atoms with van der Waals surface area (Å²) in [4.78, 5) is 34.4. The number of unbranched alkanes of at least 4 members (excludes halogenated alkanes) is 3. The van der Waals surface area contributed by atoms with Gasteiger partial charge in [0.25, 0.3) is 0 Å². The predicted molar refractivity (Wildman–Crippen MR) is 120 cm³/mol. The summed E-state index contributed by atoms with van der Waals surface area (Å²) in [5.41, 5.74) is 2.28. The van der Waals surface area contributed by atoms with Gasteiger partial charge in [-0.2, -0.15) is 4.72 Å². The molecule has 11 heteroatoms. The van der Waals surface area contributed by atoms with Crippen LogP contribution in [0.2, 0.25) is 0 Å². The second-order valence-electron chi connectivity index (χ2n) is 7.32. The minimum absolute atomic E-state index is 0.130. The van der Waals surface area contributed by atoms with Crippen LogP contribution in [0.25, 0.3) is 0 Å². The van der Waals surface area contributed by atoms with Crippen molar-refractivity contribution >= 4 is 33.5 Å². The molecule has 0 aromatic heterocycles. The molecule has 0 aliphatic heterocycles. The van der Waals surface area contributed by atoms with Crippen molar-refractivity contribution in [2.75, 3.05) is 5.32 Å². The van der Waals surface area contributed by atoms with Gasteiger partial charge in [-0.3, -0.25) is 19.6 Å². The molecule has 33 heavy (non-hydrogen) atoms. The number of sulfonamides is 1. The monoisotopic (exact) mass is 477 g/mol. The number of amides is 2. The first-order valence-electron chi connectivity index (χ1n) is 10.4. The maximum Gasteiger partial charge on any atom is 0.326 e. The highest BCUT2D eigenvalue weighted by Crippen LogP contribution is 2.19. The maximum absolute atomic E-state index is 12.6. The Balaban J connectivity index is 1.87. The quantitative estimate of drug-likeness (QED) is 0.168. The lowest BCUT2D eigenvalue weighted by Crippen LogP contribution is -2.33. The van der Waals surface area contributed by atoms with E-state index in [0.717, 1.165) is 12.8 Å². The molecule has 2 aromatic carbocycles. The van der Waals surface area contributed by atoms with Crippen LogP contribution < -0.4 is 15.5 Å². The number of benzene rings is 2. The van der Waals surface area contributed by atoms with Crippen LogP contribution in [-0.2, 0) is 24.4 Å². The molecule has 2 rings (SSSR count). The summed E-state index contributed by atoms with van der Waals surface area (Å²) in [6.45, 7) is 0. The van der Waals surface area contributed by atoms with Gasteiger partial charge in [0.05, 0.1) is 4.90 Å². The van der Waals surface area contributed by atoms with Crippen LogP contribution in [0.3, 0.4) is 0 Å². The zero-order valence-electron chi connectivity index (χ0n) is 17.9. The second-order valence-corrected chi connectivity index (χ2v) is 9.04. The standard InChI is InChI=1S/C22H27N3O7S/c26-19(10-6-1-2-7-11-20(27)24-30)23-17-12-14-18(15-13-17)33(31,32)25-21(22(28)29)16-8-4-3-5-9-16/h3-5,8-9,12-15,21,25,30H,1-2,6-7,10-11H2,(H,23,26)(H,24,27)(H,28,29)/t21-/m0/s1. The van der Waals surface area contributed by atoms with Crippen LogP contribution in [0.5, 0.6) is 0 Å². The van der Waals surface area contributed by atoms with E-state index in [1.54, 1.807) is 23.7 Å². The number of hydrogen-bond acceptors (Lipinski definition) is 6. The summed E-state index contributed by atoms with van der Waals surface area (Å²) in [5, 5.41) is 20.5. The van der Waals surface area contributed by atoms with Crippen LogP contribution in [0, 0.1) is 0 Å². The summed E-state index contributed by atoms with van der Waals surface area (Å²) >= 11 is 0. The van der Waals surface area contributed by atoms with Crippen LogP contribution in [0.15, 0.2) is 59.5 Å². The molecule has 0 heterocycles. The summed E-state index contributed by atoms with van der Waals surface area (Å²) in [6.07, 6.45) is 3.24. The summed E-state index contributed by atoms with van der Waals surface area (Å²) in [6, 6.07) is 12.0. The molecule has 0 fully saturated rings. The number of carboxylic acid groups (broad SMARTS) is 1. The third kappa shape index (κ3) is 8.64. The van der Waals surface area contributed by atoms with Crippen molar-refractivity contribution in [1.82, 2.24) is 10.2 Å². The van der Waals surface area contributed by atoms with E-state index in [9.17, 15) is 27.9 Å². The molecule has 0 radical (unpaired) electrons. The minimum atomic E-state index is -4.12. The average Bonchev–Trinajstić information content (AvgIpc) is 2.80. The number of hydroxylamine groups is 1. The van der Waals surface area contributed by atoms with Crippen LogP contribution in [-0.4, -0.2) is 36.5 Å². The van der Waals surface area contributed by atoms with E-state index in [1.807, 2.05) is 0 Å². The predicted octanol–water partition coefficient (Wildman–Crippen LogP) is 2.58. The maximum atomic E-state index is 12.6. The minimum Gasteiger partial charge on any atom is -0.480 e. The first-order valence-corrected chi connectivity index (χ1v) is 11.8. The highest BCUT2D eigenvalue weighted by Gasteiger charge is 2.26. The molecule has 5 N–H and O–H groups in total. The fourth-order valence-corrected chi connectivity index (χ4v) is 4.23. The lowest BCUT2D eigenvalue weighted by molar-refractivity contribution is -0.139. The molecular weight excluding hydrogens is 450 g/mol. The molecule has 0 spiro atoms. The van der Waals surface area contributed by atoms with Crippen molar-refractivity contribution in [3.05, 3.63) is 60.2 Å². The zero-order chi connectivity index (χ0) is 24.3. The van der Waals surface area contributed by atoms with Gasteiger partial charge >= 0.3 is 5.97 Å². The largest absolute Gasteiger partial charge is 0.480 e. The number of carbonyl (C=O) groups is 3. The van der Waals surface area contributed by atoms with Gasteiger partial charge in [-0.1, -0.05) is 43.2 Å². The molecule has 10 nitrogen and oxygen atoms in total. The Bertz CT molecular complexity index is 1040. The SMILES string of the molecule is O=C(CCCCCCC(=O)Nc1ccc(S(=O)(=O)N[C@H](C(=O)O)c2ccccc2)cc1)NO. The van der Waals surface area contributed by atoms with E-state index in [0.29, 0.717) is 24.1 Å². The lowest BCUT2D eigenvalue weighted by Gasteiger charge is -2.15. The van der Waals surface area contributed by atoms with Crippen LogP contribution in [0.1, 0.15) is 50.1 Å².